The molecule has 0 aliphatic rings. The quantitative estimate of drug-likeness (QED) is 0.646. The molecule has 0 radical (unpaired) electrons. The van der Waals surface area contributed by atoms with Crippen LogP contribution in [0.2, 0.25) is 5.02 Å². The van der Waals surface area contributed by atoms with Crippen LogP contribution < -0.4 is 10.0 Å². The summed E-state index contributed by atoms with van der Waals surface area (Å²) < 4.78 is 28.1. The zero-order valence-electron chi connectivity index (χ0n) is 15.2. The molecular weight excluding hydrogens is 398 g/mol. The highest BCUT2D eigenvalue weighted by atomic mass is 35.5. The average molecular weight is 416 g/mol. The number of aryl methyl sites for hydroxylation is 2. The predicted molar refractivity (Wildman–Crippen MR) is 110 cm³/mol. The second-order valence-corrected chi connectivity index (χ2v) is 8.30. The van der Waals surface area contributed by atoms with Crippen LogP contribution in [0.3, 0.4) is 0 Å². The van der Waals surface area contributed by atoms with Crippen molar-refractivity contribution < 1.29 is 13.2 Å². The molecule has 3 rings (SSSR count). The highest BCUT2D eigenvalue weighted by Gasteiger charge is 2.18. The summed E-state index contributed by atoms with van der Waals surface area (Å²) in [5.41, 5.74) is 2.27. The van der Waals surface area contributed by atoms with Gasteiger partial charge in [0, 0.05) is 22.1 Å². The van der Waals surface area contributed by atoms with Crippen molar-refractivity contribution in [1.29, 1.82) is 0 Å². The third-order valence-electron chi connectivity index (χ3n) is 3.95. The van der Waals surface area contributed by atoms with E-state index in [-0.39, 0.29) is 10.6 Å². The lowest BCUT2D eigenvalue weighted by Crippen LogP contribution is -2.17. The number of amides is 1. The number of benzene rings is 2. The molecule has 0 unspecified atom stereocenters. The minimum Gasteiger partial charge on any atom is -0.321 e. The Morgan fingerprint density at radius 2 is 1.64 bits per heavy atom. The van der Waals surface area contributed by atoms with Crippen LogP contribution in [0.5, 0.6) is 0 Å². The molecule has 144 valence electrons. The van der Waals surface area contributed by atoms with Crippen molar-refractivity contribution in [2.24, 2.45) is 0 Å². The molecule has 3 aromatic rings. The van der Waals surface area contributed by atoms with Crippen molar-refractivity contribution in [2.75, 3.05) is 10.0 Å². The van der Waals surface area contributed by atoms with E-state index in [1.54, 1.807) is 68.4 Å². The minimum absolute atomic E-state index is 0.0671. The van der Waals surface area contributed by atoms with Crippen LogP contribution in [-0.2, 0) is 10.0 Å². The number of carbonyl (C=O) groups excluding carboxylic acids is 1. The van der Waals surface area contributed by atoms with Crippen molar-refractivity contribution in [3.05, 3.63) is 82.6 Å². The topological polar surface area (TPSA) is 88.2 Å². The Balaban J connectivity index is 1.86. The lowest BCUT2D eigenvalue weighted by Gasteiger charge is -2.13. The van der Waals surface area contributed by atoms with Crippen LogP contribution in [0.1, 0.15) is 21.7 Å². The van der Waals surface area contributed by atoms with Crippen LogP contribution >= 0.6 is 11.6 Å². The Kier molecular flexibility index (Phi) is 5.67. The molecule has 0 aliphatic heterocycles. The van der Waals surface area contributed by atoms with Gasteiger partial charge in [0.2, 0.25) is 0 Å². The van der Waals surface area contributed by atoms with Gasteiger partial charge in [0.15, 0.2) is 0 Å². The number of hydrogen-bond acceptors (Lipinski definition) is 4. The Morgan fingerprint density at radius 1 is 0.964 bits per heavy atom. The predicted octanol–water partition coefficient (Wildman–Crippen LogP) is 4.40. The number of aromatic nitrogens is 1. The summed E-state index contributed by atoms with van der Waals surface area (Å²) in [4.78, 5) is 16.6. The number of carbonyl (C=O) groups is 1. The fourth-order valence-corrected chi connectivity index (χ4v) is 4.02. The van der Waals surface area contributed by atoms with Gasteiger partial charge >= 0.3 is 0 Å². The molecule has 0 fully saturated rings. The van der Waals surface area contributed by atoms with Crippen LogP contribution in [-0.4, -0.2) is 19.3 Å². The van der Waals surface area contributed by atoms with Crippen molar-refractivity contribution in [2.45, 2.75) is 18.7 Å². The highest BCUT2D eigenvalue weighted by Crippen LogP contribution is 2.24. The standard InChI is InChI=1S/C20H18ClN3O3S/c1-13-6-9-17(23-20(25)18-5-3-4-14(2)22-18)12-19(13)28(26,27)24-16-10-7-15(21)8-11-16/h3-12,24H,1-2H3,(H,23,25). The first-order chi connectivity index (χ1) is 13.2. The first-order valence-electron chi connectivity index (χ1n) is 8.39. The van der Waals surface area contributed by atoms with E-state index < -0.39 is 15.9 Å². The molecule has 6 nitrogen and oxygen atoms in total. The molecule has 1 aromatic heterocycles. The van der Waals surface area contributed by atoms with Gasteiger partial charge in [0.05, 0.1) is 4.90 Å². The molecule has 1 heterocycles. The highest BCUT2D eigenvalue weighted by molar-refractivity contribution is 7.92. The molecule has 1 amide bonds. The summed E-state index contributed by atoms with van der Waals surface area (Å²) in [5, 5.41) is 3.19. The van der Waals surface area contributed by atoms with Crippen LogP contribution in [0.4, 0.5) is 11.4 Å². The Morgan fingerprint density at radius 3 is 2.32 bits per heavy atom. The van der Waals surface area contributed by atoms with Gasteiger partial charge in [0.1, 0.15) is 5.69 Å². The van der Waals surface area contributed by atoms with E-state index in [0.29, 0.717) is 27.7 Å². The monoisotopic (exact) mass is 415 g/mol. The normalized spacial score (nSPS) is 11.1. The molecule has 2 aromatic carbocycles. The van der Waals surface area contributed by atoms with Gasteiger partial charge in [-0.15, -0.1) is 0 Å². The van der Waals surface area contributed by atoms with Gasteiger partial charge in [-0.2, -0.15) is 0 Å². The number of sulfonamides is 1. The van der Waals surface area contributed by atoms with E-state index >= 15 is 0 Å². The fraction of sp³-hybridized carbons (Fsp3) is 0.100. The molecule has 0 bridgehead atoms. The van der Waals surface area contributed by atoms with Gasteiger partial charge in [-0.1, -0.05) is 23.7 Å². The Bertz CT molecular complexity index is 1130. The lowest BCUT2D eigenvalue weighted by molar-refractivity contribution is 0.102. The minimum atomic E-state index is -3.85. The van der Waals surface area contributed by atoms with Crippen LogP contribution in [0.15, 0.2) is 65.6 Å². The second kappa shape index (κ2) is 8.00. The fourth-order valence-electron chi connectivity index (χ4n) is 2.56. The number of nitrogens with one attached hydrogen (secondary N) is 2. The summed E-state index contributed by atoms with van der Waals surface area (Å²) in [5.74, 6) is -0.415. The van der Waals surface area contributed by atoms with Gasteiger partial charge in [0.25, 0.3) is 15.9 Å². The number of halogens is 1. The van der Waals surface area contributed by atoms with Crippen LogP contribution in [0.25, 0.3) is 0 Å². The Hall–Kier alpha value is -2.90. The van der Waals surface area contributed by atoms with Gasteiger partial charge in [-0.3, -0.25) is 9.52 Å². The molecule has 0 aliphatic carbocycles. The molecule has 28 heavy (non-hydrogen) atoms. The summed E-state index contributed by atoms with van der Waals surface area (Å²) in [6.45, 7) is 3.47. The Labute approximate surface area is 168 Å². The van der Waals surface area contributed by atoms with Crippen molar-refractivity contribution in [3.63, 3.8) is 0 Å². The summed E-state index contributed by atoms with van der Waals surface area (Å²) >= 11 is 5.83. The van der Waals surface area contributed by atoms with E-state index in [1.165, 1.54) is 6.07 Å². The lowest BCUT2D eigenvalue weighted by atomic mass is 10.2. The van der Waals surface area contributed by atoms with Gasteiger partial charge in [-0.05, 0) is 67.9 Å². The second-order valence-electron chi connectivity index (χ2n) is 6.21. The first kappa shape index (κ1) is 19.9. The molecule has 0 atom stereocenters. The average Bonchev–Trinajstić information content (AvgIpc) is 2.65. The number of hydrogen-bond donors (Lipinski definition) is 2. The van der Waals surface area contributed by atoms with Gasteiger partial charge < -0.3 is 5.32 Å². The van der Waals surface area contributed by atoms with Crippen molar-refractivity contribution >= 4 is 38.9 Å². The summed E-state index contributed by atoms with van der Waals surface area (Å²) in [7, 11) is -3.85. The number of pyridine rings is 1. The maximum Gasteiger partial charge on any atom is 0.274 e. The van der Waals surface area contributed by atoms with Crippen molar-refractivity contribution in [3.8, 4) is 0 Å². The molecule has 0 saturated carbocycles. The zero-order valence-corrected chi connectivity index (χ0v) is 16.8. The third kappa shape index (κ3) is 4.68. The number of anilines is 2. The van der Waals surface area contributed by atoms with E-state index in [9.17, 15) is 13.2 Å². The third-order valence-corrected chi connectivity index (χ3v) is 5.73. The molecule has 8 heteroatoms. The molecule has 0 saturated heterocycles. The summed E-state index contributed by atoms with van der Waals surface area (Å²) in [6, 6.07) is 16.1. The van der Waals surface area contributed by atoms with Crippen molar-refractivity contribution in [1.82, 2.24) is 4.98 Å². The maximum absolute atomic E-state index is 12.8. The van der Waals surface area contributed by atoms with E-state index in [2.05, 4.69) is 15.0 Å². The summed E-state index contributed by atoms with van der Waals surface area (Å²) in [6.07, 6.45) is 0. The largest absolute Gasteiger partial charge is 0.321 e. The van der Waals surface area contributed by atoms with Gasteiger partial charge in [-0.25, -0.2) is 13.4 Å². The zero-order chi connectivity index (χ0) is 20.3. The smallest absolute Gasteiger partial charge is 0.274 e. The van der Waals surface area contributed by atoms with Crippen LogP contribution in [0, 0.1) is 13.8 Å². The molecule has 2 N–H and O–H groups in total. The molecule has 0 spiro atoms. The molecular formula is C20H18ClN3O3S. The van der Waals surface area contributed by atoms with E-state index in [0.717, 1.165) is 0 Å². The SMILES string of the molecule is Cc1cccc(C(=O)Nc2ccc(C)c(S(=O)(=O)Nc3ccc(Cl)cc3)c2)n1. The maximum atomic E-state index is 12.8. The number of nitrogens with zero attached hydrogens (tertiary/aromatic N) is 1. The number of rotatable bonds is 5. The van der Waals surface area contributed by atoms with E-state index in [4.69, 9.17) is 11.6 Å². The first-order valence-corrected chi connectivity index (χ1v) is 10.2. The van der Waals surface area contributed by atoms with E-state index in [1.807, 2.05) is 0 Å².